The van der Waals surface area contributed by atoms with E-state index >= 15 is 0 Å². The Kier molecular flexibility index (Phi) is 4.28. The molecule has 3 nitrogen and oxygen atoms in total. The lowest BCUT2D eigenvalue weighted by molar-refractivity contribution is 0.0636. The molecule has 0 aliphatic rings. The van der Waals surface area contributed by atoms with E-state index in [1.165, 1.54) is 0 Å². The molecule has 78 valence electrons. The van der Waals surface area contributed by atoms with Gasteiger partial charge in [-0.3, -0.25) is 0 Å². The minimum Gasteiger partial charge on any atom is -0.399 e. The molecule has 1 rings (SSSR count). The predicted molar refractivity (Wildman–Crippen MR) is 64.6 cm³/mol. The standard InChI is InChI=1S/C9H15NO2P2/c10-8-3-1-7(2-4-8)5-9(12,6-11)14-13/h1-4,11-12,14H,5-6,10,13H2. The molecule has 3 atom stereocenters. The molecule has 0 heterocycles. The third kappa shape index (κ3) is 3.18. The van der Waals surface area contributed by atoms with Gasteiger partial charge < -0.3 is 15.9 Å². The van der Waals surface area contributed by atoms with Gasteiger partial charge in [0.05, 0.1) is 6.61 Å². The van der Waals surface area contributed by atoms with E-state index in [0.717, 1.165) is 5.56 Å². The first-order valence-corrected chi connectivity index (χ1v) is 7.06. The molecule has 1 aromatic rings. The van der Waals surface area contributed by atoms with Crippen molar-refractivity contribution in [3.63, 3.8) is 0 Å². The van der Waals surface area contributed by atoms with Gasteiger partial charge in [0.15, 0.2) is 0 Å². The SMILES string of the molecule is Nc1ccc(CC(O)(CO)PP)cc1. The zero-order chi connectivity index (χ0) is 10.6. The number of hydrogen-bond donors (Lipinski definition) is 3. The summed E-state index contributed by atoms with van der Waals surface area (Å²) in [4.78, 5) is 0. The molecule has 0 bridgehead atoms. The molecule has 0 fully saturated rings. The van der Waals surface area contributed by atoms with Crippen molar-refractivity contribution in [1.82, 2.24) is 0 Å². The Morgan fingerprint density at radius 2 is 1.93 bits per heavy atom. The van der Waals surface area contributed by atoms with Crippen LogP contribution in [0.2, 0.25) is 0 Å². The smallest absolute Gasteiger partial charge is 0.111 e. The van der Waals surface area contributed by atoms with Gasteiger partial charge in [-0.25, -0.2) is 0 Å². The van der Waals surface area contributed by atoms with E-state index in [0.29, 0.717) is 12.1 Å². The third-order valence-electron chi connectivity index (χ3n) is 2.01. The molecular weight excluding hydrogens is 216 g/mol. The minimum atomic E-state index is -1.01. The second kappa shape index (κ2) is 5.04. The Bertz CT molecular complexity index is 285. The molecule has 3 unspecified atom stereocenters. The Hall–Kier alpha value is -0.200. The lowest BCUT2D eigenvalue weighted by Crippen LogP contribution is -2.29. The fourth-order valence-electron chi connectivity index (χ4n) is 1.13. The quantitative estimate of drug-likeness (QED) is 0.534. The van der Waals surface area contributed by atoms with E-state index in [1.807, 2.05) is 12.1 Å². The molecule has 0 spiro atoms. The van der Waals surface area contributed by atoms with Gasteiger partial charge in [0, 0.05) is 12.1 Å². The molecule has 0 aliphatic heterocycles. The molecule has 0 aliphatic carbocycles. The fourth-order valence-corrected chi connectivity index (χ4v) is 2.10. The lowest BCUT2D eigenvalue weighted by atomic mass is 10.1. The zero-order valence-electron chi connectivity index (χ0n) is 7.77. The third-order valence-corrected chi connectivity index (χ3v) is 4.49. The summed E-state index contributed by atoms with van der Waals surface area (Å²) in [7, 11) is 2.68. The highest BCUT2D eigenvalue weighted by Gasteiger charge is 2.23. The van der Waals surface area contributed by atoms with Crippen LogP contribution in [0.15, 0.2) is 24.3 Å². The van der Waals surface area contributed by atoms with Crippen molar-refractivity contribution in [2.45, 2.75) is 11.8 Å². The lowest BCUT2D eigenvalue weighted by Gasteiger charge is -2.23. The molecule has 5 heteroatoms. The van der Waals surface area contributed by atoms with Crippen LogP contribution >= 0.6 is 17.2 Å². The van der Waals surface area contributed by atoms with Crippen molar-refractivity contribution in [2.24, 2.45) is 0 Å². The Balaban J connectivity index is 2.72. The van der Waals surface area contributed by atoms with E-state index in [1.54, 1.807) is 12.1 Å². The molecular formula is C9H15NO2P2. The van der Waals surface area contributed by atoms with Crippen LogP contribution in [-0.2, 0) is 6.42 Å². The van der Waals surface area contributed by atoms with Gasteiger partial charge in [0.2, 0.25) is 0 Å². The van der Waals surface area contributed by atoms with Crippen LogP contribution in [0.5, 0.6) is 0 Å². The van der Waals surface area contributed by atoms with Crippen LogP contribution in [0, 0.1) is 0 Å². The zero-order valence-corrected chi connectivity index (χ0v) is 9.93. The normalized spacial score (nSPS) is 15.9. The summed E-state index contributed by atoms with van der Waals surface area (Å²) in [5, 5.41) is 17.9. The van der Waals surface area contributed by atoms with Gasteiger partial charge in [-0.2, -0.15) is 0 Å². The minimum absolute atomic E-state index is 0.216. The highest BCUT2D eigenvalue weighted by molar-refractivity contribution is 8.03. The number of anilines is 1. The second-order valence-electron chi connectivity index (χ2n) is 3.25. The maximum atomic E-state index is 9.86. The number of benzene rings is 1. The van der Waals surface area contributed by atoms with E-state index in [4.69, 9.17) is 10.8 Å². The van der Waals surface area contributed by atoms with Crippen molar-refractivity contribution < 1.29 is 10.2 Å². The Morgan fingerprint density at radius 3 is 2.36 bits per heavy atom. The Morgan fingerprint density at radius 1 is 1.36 bits per heavy atom. The molecule has 14 heavy (non-hydrogen) atoms. The van der Waals surface area contributed by atoms with Crippen LogP contribution in [0.1, 0.15) is 5.56 Å². The summed E-state index contributed by atoms with van der Waals surface area (Å²) in [6.07, 6.45) is 0.450. The summed E-state index contributed by atoms with van der Waals surface area (Å²) in [5.74, 6) is 0. The molecule has 0 amide bonds. The number of aliphatic hydroxyl groups is 2. The first-order chi connectivity index (χ1) is 6.59. The number of aliphatic hydroxyl groups excluding tert-OH is 1. The number of nitrogen functional groups attached to an aromatic ring is 1. The number of nitrogens with two attached hydrogens (primary N) is 1. The first-order valence-electron chi connectivity index (χ1n) is 4.25. The summed E-state index contributed by atoms with van der Waals surface area (Å²) in [6.45, 7) is -0.223. The highest BCUT2D eigenvalue weighted by Crippen LogP contribution is 2.38. The van der Waals surface area contributed by atoms with Gasteiger partial charge in [-0.05, 0) is 17.7 Å². The maximum absolute atomic E-state index is 9.86. The van der Waals surface area contributed by atoms with Crippen molar-refractivity contribution in [1.29, 1.82) is 0 Å². The van der Waals surface area contributed by atoms with Crippen LogP contribution in [0.4, 0.5) is 5.69 Å². The average Bonchev–Trinajstić information content (AvgIpc) is 2.21. The maximum Gasteiger partial charge on any atom is 0.111 e. The molecule has 0 radical (unpaired) electrons. The number of hydrogen-bond acceptors (Lipinski definition) is 3. The summed E-state index contributed by atoms with van der Waals surface area (Å²) in [6, 6.07) is 7.31. The molecule has 0 aromatic heterocycles. The van der Waals surface area contributed by atoms with Crippen molar-refractivity contribution in [3.8, 4) is 0 Å². The molecule has 0 saturated heterocycles. The largest absolute Gasteiger partial charge is 0.399 e. The van der Waals surface area contributed by atoms with Gasteiger partial charge in [-0.15, -0.1) is 8.93 Å². The topological polar surface area (TPSA) is 66.5 Å². The van der Waals surface area contributed by atoms with Gasteiger partial charge in [0.1, 0.15) is 5.34 Å². The van der Waals surface area contributed by atoms with Crippen molar-refractivity contribution in [3.05, 3.63) is 29.8 Å². The molecule has 0 saturated carbocycles. The number of rotatable bonds is 4. The second-order valence-corrected chi connectivity index (χ2v) is 5.34. The van der Waals surface area contributed by atoms with E-state index < -0.39 is 5.34 Å². The average molecular weight is 231 g/mol. The van der Waals surface area contributed by atoms with Gasteiger partial charge in [0.25, 0.3) is 0 Å². The van der Waals surface area contributed by atoms with Crippen LogP contribution in [-0.4, -0.2) is 22.2 Å². The molecule has 4 N–H and O–H groups in total. The highest BCUT2D eigenvalue weighted by atomic mass is 32.0. The van der Waals surface area contributed by atoms with Crippen molar-refractivity contribution in [2.75, 3.05) is 12.3 Å². The fraction of sp³-hybridized carbons (Fsp3) is 0.333. The first kappa shape index (κ1) is 11.9. The van der Waals surface area contributed by atoms with Crippen LogP contribution in [0.3, 0.4) is 0 Å². The summed E-state index contributed by atoms with van der Waals surface area (Å²) < 4.78 is 0. The van der Waals surface area contributed by atoms with E-state index in [-0.39, 0.29) is 14.9 Å². The summed E-state index contributed by atoms with van der Waals surface area (Å²) in [5.41, 5.74) is 7.22. The van der Waals surface area contributed by atoms with Crippen LogP contribution < -0.4 is 5.73 Å². The van der Waals surface area contributed by atoms with Gasteiger partial charge in [-0.1, -0.05) is 20.4 Å². The van der Waals surface area contributed by atoms with Gasteiger partial charge >= 0.3 is 0 Å². The predicted octanol–water partition coefficient (Wildman–Crippen LogP) is 0.961. The van der Waals surface area contributed by atoms with E-state index in [2.05, 4.69) is 8.93 Å². The Labute approximate surface area is 87.6 Å². The monoisotopic (exact) mass is 231 g/mol. The van der Waals surface area contributed by atoms with Crippen LogP contribution in [0.25, 0.3) is 0 Å². The summed E-state index contributed by atoms with van der Waals surface area (Å²) >= 11 is 0. The van der Waals surface area contributed by atoms with Crippen molar-refractivity contribution >= 4 is 22.9 Å². The molecule has 1 aromatic carbocycles. The van der Waals surface area contributed by atoms with E-state index in [9.17, 15) is 5.11 Å².